The summed E-state index contributed by atoms with van der Waals surface area (Å²) in [6.07, 6.45) is 2.40. The Morgan fingerprint density at radius 2 is 2.27 bits per heavy atom. The maximum Gasteiger partial charge on any atom is 0.749 e. The molecule has 0 aromatic rings. The molecule has 0 heterocycles. The Hall–Kier alpha value is -0.440. The van der Waals surface area contributed by atoms with Gasteiger partial charge >= 0.3 is 8.25 Å². The fourth-order valence-corrected chi connectivity index (χ4v) is 0.905. The molecule has 1 unspecified atom stereocenters. The summed E-state index contributed by atoms with van der Waals surface area (Å²) < 4.78 is 19.7. The normalized spacial score (nSPS) is 10.8. The van der Waals surface area contributed by atoms with Crippen LogP contribution in [0, 0.1) is 0 Å². The molecular formula is C6H12O4P+. The zero-order valence-electron chi connectivity index (χ0n) is 6.23. The quantitative estimate of drug-likeness (QED) is 0.366. The van der Waals surface area contributed by atoms with Gasteiger partial charge in [-0.2, -0.15) is 0 Å². The molecule has 1 N–H and O–H groups in total. The summed E-state index contributed by atoms with van der Waals surface area (Å²) in [5, 5.41) is 8.36. The Balaban J connectivity index is 3.10. The highest BCUT2D eigenvalue weighted by Gasteiger charge is 2.17. The first kappa shape index (κ1) is 10.6. The van der Waals surface area contributed by atoms with Gasteiger partial charge in [-0.05, 0) is 12.8 Å². The van der Waals surface area contributed by atoms with Gasteiger partial charge in [-0.25, -0.2) is 4.52 Å². The van der Waals surface area contributed by atoms with E-state index in [9.17, 15) is 4.57 Å². The minimum absolute atomic E-state index is 0.127. The van der Waals surface area contributed by atoms with Crippen LogP contribution in [0.5, 0.6) is 0 Å². The fraction of sp³-hybridized carbons (Fsp3) is 0.667. The minimum Gasteiger partial charge on any atom is -0.396 e. The maximum atomic E-state index is 10.6. The molecular weight excluding hydrogens is 167 g/mol. The van der Waals surface area contributed by atoms with Gasteiger partial charge in [0, 0.05) is 11.2 Å². The van der Waals surface area contributed by atoms with Crippen molar-refractivity contribution in [3.8, 4) is 0 Å². The molecule has 5 heteroatoms. The number of hydrogen-bond donors (Lipinski definition) is 1. The standard InChI is InChI=1S/C6H12O4P/c1-2-9-11(8)10-6-4-3-5-7/h2,7H,1,3-6H2/q+1. The van der Waals surface area contributed by atoms with E-state index < -0.39 is 8.25 Å². The second-order valence-corrected chi connectivity index (χ2v) is 2.68. The van der Waals surface area contributed by atoms with Crippen LogP contribution in [0.25, 0.3) is 0 Å². The molecule has 0 aliphatic carbocycles. The van der Waals surface area contributed by atoms with Crippen molar-refractivity contribution in [3.05, 3.63) is 12.8 Å². The van der Waals surface area contributed by atoms with Gasteiger partial charge in [0.15, 0.2) is 0 Å². The van der Waals surface area contributed by atoms with Gasteiger partial charge in [0.1, 0.15) is 12.9 Å². The van der Waals surface area contributed by atoms with E-state index in [-0.39, 0.29) is 6.61 Å². The number of aliphatic hydroxyl groups is 1. The molecule has 4 nitrogen and oxygen atoms in total. The zero-order valence-corrected chi connectivity index (χ0v) is 7.13. The maximum absolute atomic E-state index is 10.6. The molecule has 0 saturated carbocycles. The number of unbranched alkanes of at least 4 members (excludes halogenated alkanes) is 1. The first-order valence-corrected chi connectivity index (χ1v) is 4.39. The highest BCUT2D eigenvalue weighted by atomic mass is 31.1. The van der Waals surface area contributed by atoms with E-state index in [0.717, 1.165) is 6.26 Å². The van der Waals surface area contributed by atoms with Crippen molar-refractivity contribution in [1.82, 2.24) is 0 Å². The van der Waals surface area contributed by atoms with Crippen molar-refractivity contribution in [3.63, 3.8) is 0 Å². The minimum atomic E-state index is -2.05. The van der Waals surface area contributed by atoms with Gasteiger partial charge in [-0.3, -0.25) is 0 Å². The average Bonchev–Trinajstić information content (AvgIpc) is 1.99. The second-order valence-electron chi connectivity index (χ2n) is 1.76. The van der Waals surface area contributed by atoms with E-state index in [1.807, 2.05) is 0 Å². The first-order chi connectivity index (χ1) is 5.31. The Labute approximate surface area is 66.8 Å². The lowest BCUT2D eigenvalue weighted by Gasteiger charge is -1.89. The summed E-state index contributed by atoms with van der Waals surface area (Å²) in [6.45, 7) is 3.68. The third-order valence-electron chi connectivity index (χ3n) is 0.910. The summed E-state index contributed by atoms with van der Waals surface area (Å²) in [7, 11) is -2.05. The van der Waals surface area contributed by atoms with Crippen LogP contribution in [0.2, 0.25) is 0 Å². The molecule has 11 heavy (non-hydrogen) atoms. The summed E-state index contributed by atoms with van der Waals surface area (Å²) in [6, 6.07) is 0. The molecule has 0 aromatic carbocycles. The predicted octanol–water partition coefficient (Wildman–Crippen LogP) is 1.59. The highest BCUT2D eigenvalue weighted by Crippen LogP contribution is 2.23. The molecule has 0 aliphatic heterocycles. The zero-order chi connectivity index (χ0) is 8.53. The lowest BCUT2D eigenvalue weighted by molar-refractivity contribution is 0.238. The molecule has 0 aromatic heterocycles. The van der Waals surface area contributed by atoms with Gasteiger partial charge in [0.25, 0.3) is 0 Å². The van der Waals surface area contributed by atoms with Crippen LogP contribution < -0.4 is 0 Å². The molecule has 0 rings (SSSR count). The fourth-order valence-electron chi connectivity index (χ4n) is 0.444. The molecule has 0 saturated heterocycles. The van der Waals surface area contributed by atoms with Crippen LogP contribution in [0.1, 0.15) is 12.8 Å². The Bertz CT molecular complexity index is 126. The molecule has 0 amide bonds. The summed E-state index contributed by atoms with van der Waals surface area (Å²) in [4.78, 5) is 0. The van der Waals surface area contributed by atoms with Crippen molar-refractivity contribution in [2.75, 3.05) is 13.2 Å². The van der Waals surface area contributed by atoms with E-state index in [1.54, 1.807) is 0 Å². The van der Waals surface area contributed by atoms with Gasteiger partial charge in [-0.1, -0.05) is 6.58 Å². The van der Waals surface area contributed by atoms with E-state index in [4.69, 9.17) is 5.11 Å². The Morgan fingerprint density at radius 3 is 2.82 bits per heavy atom. The van der Waals surface area contributed by atoms with Crippen LogP contribution in [0.3, 0.4) is 0 Å². The van der Waals surface area contributed by atoms with Crippen molar-refractivity contribution >= 4 is 8.25 Å². The molecule has 0 aliphatic rings. The first-order valence-electron chi connectivity index (χ1n) is 3.30. The van der Waals surface area contributed by atoms with Crippen molar-refractivity contribution in [1.29, 1.82) is 0 Å². The van der Waals surface area contributed by atoms with Crippen molar-refractivity contribution in [2.45, 2.75) is 12.8 Å². The van der Waals surface area contributed by atoms with Crippen LogP contribution in [-0.4, -0.2) is 18.3 Å². The lowest BCUT2D eigenvalue weighted by atomic mass is 10.3. The topological polar surface area (TPSA) is 55.8 Å². The smallest absolute Gasteiger partial charge is 0.396 e. The Morgan fingerprint density at radius 1 is 1.55 bits per heavy atom. The van der Waals surface area contributed by atoms with Crippen LogP contribution >= 0.6 is 8.25 Å². The van der Waals surface area contributed by atoms with Crippen molar-refractivity contribution in [2.24, 2.45) is 0 Å². The molecule has 0 spiro atoms. The highest BCUT2D eigenvalue weighted by molar-refractivity contribution is 7.33. The third-order valence-corrected chi connectivity index (χ3v) is 1.62. The summed E-state index contributed by atoms with van der Waals surface area (Å²) in [5.41, 5.74) is 0. The summed E-state index contributed by atoms with van der Waals surface area (Å²) in [5.74, 6) is 0. The SMILES string of the molecule is C=CO[P+](=O)OCCCCO. The van der Waals surface area contributed by atoms with Gasteiger partial charge in [0.2, 0.25) is 0 Å². The Kier molecular flexibility index (Phi) is 7.36. The van der Waals surface area contributed by atoms with E-state index in [2.05, 4.69) is 15.6 Å². The van der Waals surface area contributed by atoms with Gasteiger partial charge in [-0.15, -0.1) is 4.52 Å². The van der Waals surface area contributed by atoms with Crippen molar-refractivity contribution < 1.29 is 18.7 Å². The van der Waals surface area contributed by atoms with E-state index in [0.29, 0.717) is 19.4 Å². The van der Waals surface area contributed by atoms with Crippen LogP contribution in [-0.2, 0) is 13.6 Å². The third kappa shape index (κ3) is 7.46. The van der Waals surface area contributed by atoms with Crippen LogP contribution in [0.15, 0.2) is 12.8 Å². The lowest BCUT2D eigenvalue weighted by Crippen LogP contribution is -1.89. The monoisotopic (exact) mass is 179 g/mol. The molecule has 0 bridgehead atoms. The average molecular weight is 179 g/mol. The molecule has 0 fully saturated rings. The molecule has 64 valence electrons. The molecule has 1 atom stereocenters. The van der Waals surface area contributed by atoms with E-state index in [1.165, 1.54) is 0 Å². The molecule has 0 radical (unpaired) electrons. The summed E-state index contributed by atoms with van der Waals surface area (Å²) >= 11 is 0. The second kappa shape index (κ2) is 7.66. The van der Waals surface area contributed by atoms with E-state index >= 15 is 0 Å². The largest absolute Gasteiger partial charge is 0.749 e. The number of aliphatic hydroxyl groups excluding tert-OH is 1. The number of rotatable bonds is 7. The predicted molar refractivity (Wildman–Crippen MR) is 41.2 cm³/mol. The van der Waals surface area contributed by atoms with Gasteiger partial charge in [0.05, 0.1) is 0 Å². The number of hydrogen-bond acceptors (Lipinski definition) is 4. The van der Waals surface area contributed by atoms with Gasteiger partial charge < -0.3 is 5.11 Å². The van der Waals surface area contributed by atoms with Crippen LogP contribution in [0.4, 0.5) is 0 Å².